The molecule has 0 saturated carbocycles. The minimum absolute atomic E-state index is 0.390. The number of piperazine rings is 1. The lowest BCUT2D eigenvalue weighted by Gasteiger charge is -2.35. The second kappa shape index (κ2) is 6.97. The van der Waals surface area contributed by atoms with E-state index in [1.165, 1.54) is 0 Å². The largest absolute Gasteiger partial charge is 0.367 e. The number of nitrogens with one attached hydrogen (secondary N) is 1. The second-order valence-electron chi connectivity index (χ2n) is 6.44. The van der Waals surface area contributed by atoms with Crippen molar-refractivity contribution >= 4 is 34.0 Å². The van der Waals surface area contributed by atoms with Gasteiger partial charge < -0.3 is 9.80 Å². The highest BCUT2D eigenvalue weighted by atomic mass is 35.5. The summed E-state index contributed by atoms with van der Waals surface area (Å²) in [5.41, 5.74) is 4.38. The Hall–Kier alpha value is -2.57. The fraction of sp³-hybridized carbons (Fsp3) is 0.263. The standard InChI is InChI=1S/C19H19ClN6/c1-25-6-8-26(9-7-25)19-14(11-22-12-15(19)20)18(21)13-2-3-16-17(10-13)24-5-4-23-16/h2-5,10-12,21H,6-9H2,1H3. The van der Waals surface area contributed by atoms with Gasteiger partial charge in [-0.3, -0.25) is 20.4 Å². The van der Waals surface area contributed by atoms with Crippen LogP contribution in [0.15, 0.2) is 43.0 Å². The molecule has 1 fully saturated rings. The first-order chi connectivity index (χ1) is 12.6. The van der Waals surface area contributed by atoms with Crippen LogP contribution in [0.3, 0.4) is 0 Å². The Labute approximate surface area is 157 Å². The van der Waals surface area contributed by atoms with Crippen molar-refractivity contribution in [2.75, 3.05) is 38.1 Å². The van der Waals surface area contributed by atoms with Gasteiger partial charge in [0, 0.05) is 62.1 Å². The Morgan fingerprint density at radius 3 is 2.54 bits per heavy atom. The zero-order valence-electron chi connectivity index (χ0n) is 14.5. The highest BCUT2D eigenvalue weighted by molar-refractivity contribution is 6.34. The maximum absolute atomic E-state index is 8.76. The summed E-state index contributed by atoms with van der Waals surface area (Å²) >= 11 is 6.49. The van der Waals surface area contributed by atoms with Crippen LogP contribution in [0.5, 0.6) is 0 Å². The van der Waals surface area contributed by atoms with Gasteiger partial charge in [0.15, 0.2) is 0 Å². The smallest absolute Gasteiger partial charge is 0.0893 e. The fourth-order valence-electron chi connectivity index (χ4n) is 3.24. The minimum Gasteiger partial charge on any atom is -0.367 e. The molecule has 7 heteroatoms. The second-order valence-corrected chi connectivity index (χ2v) is 6.85. The molecule has 4 rings (SSSR count). The molecule has 132 valence electrons. The van der Waals surface area contributed by atoms with Crippen LogP contribution in [0.2, 0.25) is 5.02 Å². The number of benzene rings is 1. The van der Waals surface area contributed by atoms with Gasteiger partial charge in [0.1, 0.15) is 0 Å². The molecule has 1 saturated heterocycles. The van der Waals surface area contributed by atoms with E-state index in [9.17, 15) is 0 Å². The molecule has 1 aliphatic rings. The summed E-state index contributed by atoms with van der Waals surface area (Å²) in [6, 6.07) is 5.67. The molecule has 1 N–H and O–H groups in total. The van der Waals surface area contributed by atoms with Crippen molar-refractivity contribution in [3.63, 3.8) is 0 Å². The van der Waals surface area contributed by atoms with Crippen molar-refractivity contribution in [2.24, 2.45) is 0 Å². The van der Waals surface area contributed by atoms with Gasteiger partial charge >= 0.3 is 0 Å². The van der Waals surface area contributed by atoms with E-state index in [1.54, 1.807) is 24.8 Å². The molecule has 6 nitrogen and oxygen atoms in total. The van der Waals surface area contributed by atoms with Gasteiger partial charge in [-0.25, -0.2) is 0 Å². The zero-order chi connectivity index (χ0) is 18.1. The molecule has 0 atom stereocenters. The van der Waals surface area contributed by atoms with Crippen LogP contribution in [0.25, 0.3) is 11.0 Å². The van der Waals surface area contributed by atoms with Crippen LogP contribution in [0, 0.1) is 5.41 Å². The Balaban J connectivity index is 1.74. The van der Waals surface area contributed by atoms with Gasteiger partial charge in [-0.05, 0) is 19.2 Å². The summed E-state index contributed by atoms with van der Waals surface area (Å²) in [6.07, 6.45) is 6.70. The molecule has 1 aliphatic heterocycles. The molecule has 0 unspecified atom stereocenters. The molecule has 3 aromatic rings. The number of likely N-dealkylation sites (N-methyl/N-ethyl adjacent to an activating group) is 1. The van der Waals surface area contributed by atoms with Crippen molar-refractivity contribution in [2.45, 2.75) is 0 Å². The summed E-state index contributed by atoms with van der Waals surface area (Å²) in [7, 11) is 2.12. The van der Waals surface area contributed by atoms with E-state index in [0.29, 0.717) is 10.7 Å². The number of hydrogen-bond acceptors (Lipinski definition) is 6. The van der Waals surface area contributed by atoms with Crippen molar-refractivity contribution in [3.05, 3.63) is 59.1 Å². The third-order valence-electron chi connectivity index (χ3n) is 4.72. The quantitative estimate of drug-likeness (QED) is 0.722. The summed E-state index contributed by atoms with van der Waals surface area (Å²) in [4.78, 5) is 17.4. The number of fused-ring (bicyclic) bond motifs is 1. The molecule has 0 amide bonds. The highest BCUT2D eigenvalue weighted by Gasteiger charge is 2.22. The van der Waals surface area contributed by atoms with Crippen LogP contribution < -0.4 is 4.90 Å². The molecule has 0 aliphatic carbocycles. The number of nitrogens with zero attached hydrogens (tertiary/aromatic N) is 5. The zero-order valence-corrected chi connectivity index (χ0v) is 15.2. The Morgan fingerprint density at radius 2 is 1.77 bits per heavy atom. The number of hydrogen-bond donors (Lipinski definition) is 1. The van der Waals surface area contributed by atoms with E-state index < -0.39 is 0 Å². The Morgan fingerprint density at radius 1 is 1.04 bits per heavy atom. The van der Waals surface area contributed by atoms with Crippen LogP contribution >= 0.6 is 11.6 Å². The number of aromatic nitrogens is 3. The summed E-state index contributed by atoms with van der Waals surface area (Å²) in [5.74, 6) is 0. The average Bonchev–Trinajstić information content (AvgIpc) is 2.68. The van der Waals surface area contributed by atoms with E-state index in [-0.39, 0.29) is 0 Å². The van der Waals surface area contributed by atoms with Gasteiger partial charge in [0.05, 0.1) is 27.5 Å². The summed E-state index contributed by atoms with van der Waals surface area (Å²) in [5, 5.41) is 9.34. The van der Waals surface area contributed by atoms with Crippen LogP contribution in [0.1, 0.15) is 11.1 Å². The van der Waals surface area contributed by atoms with E-state index in [0.717, 1.165) is 54.0 Å². The van der Waals surface area contributed by atoms with E-state index >= 15 is 0 Å². The lowest BCUT2D eigenvalue weighted by atomic mass is 10.0. The van der Waals surface area contributed by atoms with Crippen molar-refractivity contribution in [1.82, 2.24) is 19.9 Å². The first-order valence-electron chi connectivity index (χ1n) is 8.50. The summed E-state index contributed by atoms with van der Waals surface area (Å²) < 4.78 is 0. The van der Waals surface area contributed by atoms with Crippen LogP contribution in [-0.2, 0) is 0 Å². The minimum atomic E-state index is 0.390. The van der Waals surface area contributed by atoms with E-state index in [2.05, 4.69) is 31.8 Å². The molecule has 3 heterocycles. The van der Waals surface area contributed by atoms with Crippen molar-refractivity contribution < 1.29 is 0 Å². The predicted molar refractivity (Wildman–Crippen MR) is 104 cm³/mol. The number of halogens is 1. The van der Waals surface area contributed by atoms with Crippen molar-refractivity contribution in [3.8, 4) is 0 Å². The fourth-order valence-corrected chi connectivity index (χ4v) is 3.51. The molecule has 1 aromatic carbocycles. The molecule has 0 spiro atoms. The lowest BCUT2D eigenvalue weighted by molar-refractivity contribution is 0.313. The third kappa shape index (κ3) is 3.13. The van der Waals surface area contributed by atoms with Crippen LogP contribution in [0.4, 0.5) is 5.69 Å². The van der Waals surface area contributed by atoms with Gasteiger partial charge in [0.2, 0.25) is 0 Å². The monoisotopic (exact) mass is 366 g/mol. The Bertz CT molecular complexity index is 965. The van der Waals surface area contributed by atoms with Crippen LogP contribution in [-0.4, -0.2) is 58.8 Å². The lowest BCUT2D eigenvalue weighted by Crippen LogP contribution is -2.45. The van der Waals surface area contributed by atoms with Gasteiger partial charge in [0.25, 0.3) is 0 Å². The highest BCUT2D eigenvalue weighted by Crippen LogP contribution is 2.31. The number of rotatable bonds is 3. The van der Waals surface area contributed by atoms with Gasteiger partial charge in [-0.1, -0.05) is 17.7 Å². The molecular weight excluding hydrogens is 348 g/mol. The van der Waals surface area contributed by atoms with E-state index in [1.807, 2.05) is 18.2 Å². The van der Waals surface area contributed by atoms with Gasteiger partial charge in [-0.2, -0.15) is 0 Å². The SMILES string of the molecule is CN1CCN(c2c(Cl)cncc2C(=N)c2ccc3nccnc3c2)CC1. The van der Waals surface area contributed by atoms with Gasteiger partial charge in [-0.15, -0.1) is 0 Å². The summed E-state index contributed by atoms with van der Waals surface area (Å²) in [6.45, 7) is 3.70. The molecule has 26 heavy (non-hydrogen) atoms. The molecular formula is C19H19ClN6. The normalized spacial score (nSPS) is 15.4. The number of anilines is 1. The first kappa shape index (κ1) is 16.9. The van der Waals surface area contributed by atoms with E-state index in [4.69, 9.17) is 17.0 Å². The molecule has 0 bridgehead atoms. The third-order valence-corrected chi connectivity index (χ3v) is 5.00. The molecule has 2 aromatic heterocycles. The number of pyridine rings is 1. The maximum Gasteiger partial charge on any atom is 0.0893 e. The van der Waals surface area contributed by atoms with Crippen molar-refractivity contribution in [1.29, 1.82) is 5.41 Å². The topological polar surface area (TPSA) is 69.0 Å². The Kier molecular flexibility index (Phi) is 4.53. The predicted octanol–water partition coefficient (Wildman–Crippen LogP) is 2.85. The maximum atomic E-state index is 8.76. The molecule has 0 radical (unpaired) electrons. The first-order valence-corrected chi connectivity index (χ1v) is 8.88. The average molecular weight is 367 g/mol.